The fourth-order valence-corrected chi connectivity index (χ4v) is 0. The summed E-state index contributed by atoms with van der Waals surface area (Å²) in [6.07, 6.45) is 0. The molecule has 2 nitrogen and oxygen atoms in total. The van der Waals surface area contributed by atoms with Crippen molar-refractivity contribution >= 4 is 80.9 Å². The first kappa shape index (κ1) is 15.8. The fourth-order valence-electron chi connectivity index (χ4n) is 0. The Morgan fingerprint density at radius 2 is 1.67 bits per heavy atom. The first-order valence-electron chi connectivity index (χ1n) is 1.22. The Hall–Kier alpha value is 2.56. The van der Waals surface area contributed by atoms with Crippen LogP contribution in [-0.4, -0.2) is 99.2 Å². The summed E-state index contributed by atoms with van der Waals surface area (Å²) in [5, 5.41) is 7.75. The molecule has 0 aromatic carbocycles. The van der Waals surface area contributed by atoms with Gasteiger partial charge in [0.15, 0.2) is 0 Å². The van der Waals surface area contributed by atoms with Gasteiger partial charge in [-0.1, -0.05) is 0 Å². The molecule has 0 aliphatic carbocycles. The van der Waals surface area contributed by atoms with Crippen LogP contribution < -0.4 is 5.73 Å². The average molecular weight is 123 g/mol. The van der Waals surface area contributed by atoms with Crippen molar-refractivity contribution in [3.8, 4) is 0 Å². The molecule has 0 aromatic rings. The Balaban J connectivity index is -0.0000000450. The van der Waals surface area contributed by atoms with Crippen LogP contribution in [0.2, 0.25) is 0 Å². The van der Waals surface area contributed by atoms with E-state index in [2.05, 4.69) is 0 Å². The zero-order chi connectivity index (χ0) is 3.41. The molecule has 0 saturated heterocycles. The van der Waals surface area contributed by atoms with Crippen molar-refractivity contribution in [1.29, 1.82) is 0 Å². The van der Waals surface area contributed by atoms with Gasteiger partial charge in [-0.25, -0.2) is 0 Å². The van der Waals surface area contributed by atoms with Crippen LogP contribution in [0.15, 0.2) is 0 Å². The van der Waals surface area contributed by atoms with E-state index in [0.717, 1.165) is 0 Å². The Morgan fingerprint density at radius 1 is 1.50 bits per heavy atom. The van der Waals surface area contributed by atoms with Gasteiger partial charge < -0.3 is 10.8 Å². The van der Waals surface area contributed by atoms with Crippen molar-refractivity contribution in [2.75, 3.05) is 13.2 Å². The van der Waals surface area contributed by atoms with Gasteiger partial charge in [-0.2, -0.15) is 0 Å². The second-order valence-corrected chi connectivity index (χ2v) is 0.512. The molecule has 0 spiro atoms. The van der Waals surface area contributed by atoms with Gasteiger partial charge in [0.25, 0.3) is 0 Å². The summed E-state index contributed by atoms with van der Waals surface area (Å²) in [5.41, 5.74) is 4.78. The van der Waals surface area contributed by atoms with Crippen molar-refractivity contribution < 1.29 is 5.11 Å². The first-order chi connectivity index (χ1) is 1.91. The molecule has 3 N–H and O–H groups in total. The molecule has 0 aromatic heterocycles. The van der Waals surface area contributed by atoms with Crippen LogP contribution >= 0.6 is 0 Å². The Kier molecular flexibility index (Phi) is 41.3. The minimum Gasteiger partial charge on any atom is -0.395 e. The van der Waals surface area contributed by atoms with E-state index in [0.29, 0.717) is 6.54 Å². The molecular formula is C2H7KNNaO. The van der Waals surface area contributed by atoms with Crippen molar-refractivity contribution in [3.63, 3.8) is 0 Å². The number of hydrogen-bond donors (Lipinski definition) is 2. The SMILES string of the molecule is NCCO.[K].[Na]. The predicted octanol–water partition coefficient (Wildman–Crippen LogP) is -1.82. The number of aliphatic hydroxyl groups is 1. The molecule has 0 aliphatic heterocycles. The van der Waals surface area contributed by atoms with Crippen LogP contribution in [-0.2, 0) is 0 Å². The van der Waals surface area contributed by atoms with Crippen LogP contribution in [0.4, 0.5) is 0 Å². The van der Waals surface area contributed by atoms with E-state index >= 15 is 0 Å². The van der Waals surface area contributed by atoms with E-state index in [1.54, 1.807) is 0 Å². The number of hydrogen-bond acceptors (Lipinski definition) is 2. The van der Waals surface area contributed by atoms with Gasteiger partial charge in [0.1, 0.15) is 0 Å². The maximum atomic E-state index is 7.75. The fraction of sp³-hybridized carbons (Fsp3) is 1.00. The summed E-state index contributed by atoms with van der Waals surface area (Å²) in [6, 6.07) is 0. The van der Waals surface area contributed by atoms with Crippen molar-refractivity contribution in [2.24, 2.45) is 5.73 Å². The van der Waals surface area contributed by atoms with Crippen LogP contribution in [0.5, 0.6) is 0 Å². The smallest absolute Gasteiger partial charge is 0.0553 e. The molecule has 0 fully saturated rings. The van der Waals surface area contributed by atoms with Gasteiger partial charge in [0, 0.05) is 87.5 Å². The summed E-state index contributed by atoms with van der Waals surface area (Å²) in [7, 11) is 0. The molecule has 0 rings (SSSR count). The third kappa shape index (κ3) is 16.0. The molecule has 6 heavy (non-hydrogen) atoms. The van der Waals surface area contributed by atoms with Gasteiger partial charge in [-0.3, -0.25) is 0 Å². The largest absolute Gasteiger partial charge is 0.395 e. The minimum absolute atomic E-state index is 0. The van der Waals surface area contributed by atoms with Crippen molar-refractivity contribution in [2.45, 2.75) is 0 Å². The van der Waals surface area contributed by atoms with Crippen LogP contribution in [0.3, 0.4) is 0 Å². The maximum Gasteiger partial charge on any atom is 0.0553 e. The standard InChI is InChI=1S/C2H7NO.K.Na/c3-1-2-4;;/h4H,1-3H2;;. The molecule has 0 unspecified atom stereocenters. The third-order valence-electron chi connectivity index (χ3n) is 0.129. The summed E-state index contributed by atoms with van der Waals surface area (Å²) in [5.74, 6) is 0. The van der Waals surface area contributed by atoms with Crippen molar-refractivity contribution in [1.82, 2.24) is 0 Å². The van der Waals surface area contributed by atoms with Gasteiger partial charge in [0.2, 0.25) is 0 Å². The van der Waals surface area contributed by atoms with Gasteiger partial charge >= 0.3 is 0 Å². The molecule has 28 valence electrons. The molecule has 4 heteroatoms. The summed E-state index contributed by atoms with van der Waals surface area (Å²) in [4.78, 5) is 0. The van der Waals surface area contributed by atoms with Gasteiger partial charge in [-0.05, 0) is 0 Å². The zero-order valence-electron chi connectivity index (χ0n) is 4.44. The normalized spacial score (nSPS) is 5.00. The van der Waals surface area contributed by atoms with E-state index in [1.807, 2.05) is 0 Å². The van der Waals surface area contributed by atoms with E-state index < -0.39 is 0 Å². The van der Waals surface area contributed by atoms with Crippen LogP contribution in [0, 0.1) is 0 Å². The first-order valence-corrected chi connectivity index (χ1v) is 1.22. The molecule has 0 heterocycles. The molecule has 0 amide bonds. The molecule has 0 atom stereocenters. The van der Waals surface area contributed by atoms with Crippen molar-refractivity contribution in [3.05, 3.63) is 0 Å². The molecule has 0 bridgehead atoms. The number of nitrogens with two attached hydrogens (primary N) is 1. The number of aliphatic hydroxyl groups excluding tert-OH is 1. The quantitative estimate of drug-likeness (QED) is 0.403. The van der Waals surface area contributed by atoms with E-state index in [1.165, 1.54) is 0 Å². The second kappa shape index (κ2) is 15.6. The third-order valence-corrected chi connectivity index (χ3v) is 0.129. The molecule has 0 saturated carbocycles. The monoisotopic (exact) mass is 123 g/mol. The zero-order valence-corrected chi connectivity index (χ0v) is 9.56. The van der Waals surface area contributed by atoms with E-state index in [-0.39, 0.29) is 87.5 Å². The molecule has 0 aliphatic rings. The second-order valence-electron chi connectivity index (χ2n) is 0.512. The van der Waals surface area contributed by atoms with Gasteiger partial charge in [-0.15, -0.1) is 0 Å². The van der Waals surface area contributed by atoms with E-state index in [4.69, 9.17) is 10.8 Å². The topological polar surface area (TPSA) is 46.2 Å². The Labute approximate surface area is 103 Å². The average Bonchev–Trinajstić information content (AvgIpc) is 1.37. The Morgan fingerprint density at radius 3 is 1.67 bits per heavy atom. The minimum atomic E-state index is 0. The summed E-state index contributed by atoms with van der Waals surface area (Å²) < 4.78 is 0. The summed E-state index contributed by atoms with van der Waals surface area (Å²) >= 11 is 0. The van der Waals surface area contributed by atoms with Gasteiger partial charge in [0.05, 0.1) is 6.61 Å². The summed E-state index contributed by atoms with van der Waals surface area (Å²) in [6.45, 7) is 0.472. The van der Waals surface area contributed by atoms with Crippen LogP contribution in [0.25, 0.3) is 0 Å². The molecule has 2 radical (unpaired) electrons. The number of rotatable bonds is 1. The van der Waals surface area contributed by atoms with E-state index in [9.17, 15) is 0 Å². The maximum absolute atomic E-state index is 7.75. The molecular weight excluding hydrogens is 116 g/mol. The van der Waals surface area contributed by atoms with Crippen LogP contribution in [0.1, 0.15) is 0 Å². The Bertz CT molecular complexity index is 15.5. The predicted molar refractivity (Wildman–Crippen MR) is 27.6 cm³/mol.